The zero-order chi connectivity index (χ0) is 20.9. The molecule has 3 heterocycles. The van der Waals surface area contributed by atoms with Crippen LogP contribution in [0.3, 0.4) is 0 Å². The van der Waals surface area contributed by atoms with Crippen LogP contribution in [0.1, 0.15) is 11.5 Å². The minimum absolute atomic E-state index is 0.125. The molecule has 8 nitrogen and oxygen atoms in total. The number of amides is 1. The maximum Gasteiger partial charge on any atom is 0.242 e. The van der Waals surface area contributed by atoms with Gasteiger partial charge in [-0.1, -0.05) is 16.8 Å². The number of carbonyl (C=O) groups is 1. The molecule has 1 saturated heterocycles. The lowest BCUT2D eigenvalue weighted by Gasteiger charge is -2.31. The van der Waals surface area contributed by atoms with Crippen molar-refractivity contribution in [2.75, 3.05) is 33.2 Å². The summed E-state index contributed by atoms with van der Waals surface area (Å²) in [5, 5.41) is 11.8. The van der Waals surface area contributed by atoms with E-state index in [2.05, 4.69) is 32.5 Å². The van der Waals surface area contributed by atoms with Gasteiger partial charge < -0.3 is 14.6 Å². The largest absolute Gasteiger partial charge is 0.459 e. The van der Waals surface area contributed by atoms with E-state index in [-0.39, 0.29) is 12.5 Å². The number of aromatic nitrogens is 3. The Morgan fingerprint density at radius 1 is 1.13 bits per heavy atom. The highest BCUT2D eigenvalue weighted by Crippen LogP contribution is 2.23. The van der Waals surface area contributed by atoms with Crippen LogP contribution in [0.15, 0.2) is 47.0 Å². The van der Waals surface area contributed by atoms with Crippen LogP contribution >= 0.6 is 11.6 Å². The minimum Gasteiger partial charge on any atom is -0.459 e. The van der Waals surface area contributed by atoms with Gasteiger partial charge in [0.1, 0.15) is 18.1 Å². The Kier molecular flexibility index (Phi) is 6.47. The number of furan rings is 1. The van der Waals surface area contributed by atoms with Crippen LogP contribution in [0.2, 0.25) is 5.02 Å². The smallest absolute Gasteiger partial charge is 0.242 e. The van der Waals surface area contributed by atoms with Crippen molar-refractivity contribution in [1.29, 1.82) is 0 Å². The van der Waals surface area contributed by atoms with Crippen LogP contribution in [0.5, 0.6) is 0 Å². The van der Waals surface area contributed by atoms with Gasteiger partial charge in [-0.2, -0.15) is 0 Å². The first kappa shape index (κ1) is 20.6. The monoisotopic (exact) mass is 428 g/mol. The van der Waals surface area contributed by atoms with Crippen LogP contribution in [0.4, 0.5) is 0 Å². The highest BCUT2D eigenvalue weighted by molar-refractivity contribution is 6.30. The average Bonchev–Trinajstić information content (AvgIpc) is 3.38. The standard InChI is InChI=1S/C21H25ClN6O2/c1-26-8-10-27(11-9-26)13-18-14-28(25-24-18)15-21(29)23-12-19-6-7-20(30-19)16-2-4-17(22)5-3-16/h2-7,14H,8-13,15H2,1H3,(H,23,29). The molecule has 0 spiro atoms. The highest BCUT2D eigenvalue weighted by atomic mass is 35.5. The molecule has 4 rings (SSSR count). The van der Waals surface area contributed by atoms with Crippen molar-refractivity contribution < 1.29 is 9.21 Å². The van der Waals surface area contributed by atoms with Crippen molar-refractivity contribution in [2.24, 2.45) is 0 Å². The Bertz CT molecular complexity index is 976. The van der Waals surface area contributed by atoms with Crippen molar-refractivity contribution in [3.8, 4) is 11.3 Å². The van der Waals surface area contributed by atoms with Gasteiger partial charge in [0, 0.05) is 43.3 Å². The van der Waals surface area contributed by atoms with Crippen LogP contribution in [-0.4, -0.2) is 63.9 Å². The first-order valence-electron chi connectivity index (χ1n) is 9.96. The molecule has 1 fully saturated rings. The summed E-state index contributed by atoms with van der Waals surface area (Å²) in [4.78, 5) is 16.9. The van der Waals surface area contributed by atoms with E-state index in [4.69, 9.17) is 16.0 Å². The summed E-state index contributed by atoms with van der Waals surface area (Å²) in [6, 6.07) is 11.2. The number of rotatable bonds is 7. The second kappa shape index (κ2) is 9.42. The fraction of sp³-hybridized carbons (Fsp3) is 0.381. The third-order valence-electron chi connectivity index (χ3n) is 5.12. The molecule has 1 amide bonds. The lowest BCUT2D eigenvalue weighted by Crippen LogP contribution is -2.43. The van der Waals surface area contributed by atoms with Gasteiger partial charge in [-0.25, -0.2) is 4.68 Å². The van der Waals surface area contributed by atoms with E-state index in [1.54, 1.807) is 4.68 Å². The number of hydrogen-bond acceptors (Lipinski definition) is 6. The van der Waals surface area contributed by atoms with Crippen LogP contribution in [0.25, 0.3) is 11.3 Å². The molecule has 1 N–H and O–H groups in total. The maximum atomic E-state index is 12.3. The Balaban J connectivity index is 1.24. The van der Waals surface area contributed by atoms with E-state index in [0.717, 1.165) is 49.7 Å². The number of hydrogen-bond donors (Lipinski definition) is 1. The number of halogens is 1. The quantitative estimate of drug-likeness (QED) is 0.621. The molecule has 2 aromatic heterocycles. The highest BCUT2D eigenvalue weighted by Gasteiger charge is 2.16. The number of likely N-dealkylation sites (N-methyl/N-ethyl adjacent to an activating group) is 1. The van der Waals surface area contributed by atoms with Crippen molar-refractivity contribution in [2.45, 2.75) is 19.6 Å². The van der Waals surface area contributed by atoms with Crippen LogP contribution in [0, 0.1) is 0 Å². The average molecular weight is 429 g/mol. The molecule has 0 radical (unpaired) electrons. The van der Waals surface area contributed by atoms with E-state index < -0.39 is 0 Å². The predicted molar refractivity (Wildman–Crippen MR) is 114 cm³/mol. The van der Waals surface area contributed by atoms with Gasteiger partial charge in [-0.05, 0) is 43.4 Å². The molecule has 9 heteroatoms. The van der Waals surface area contributed by atoms with Gasteiger partial charge in [0.2, 0.25) is 5.91 Å². The third-order valence-corrected chi connectivity index (χ3v) is 5.38. The fourth-order valence-corrected chi connectivity index (χ4v) is 3.48. The summed E-state index contributed by atoms with van der Waals surface area (Å²) in [5.74, 6) is 1.28. The Labute approximate surface area is 180 Å². The molecule has 158 valence electrons. The van der Waals surface area contributed by atoms with Gasteiger partial charge in [-0.15, -0.1) is 5.10 Å². The number of nitrogens with one attached hydrogen (secondary N) is 1. The van der Waals surface area contributed by atoms with Crippen LogP contribution in [-0.2, 0) is 24.4 Å². The fourth-order valence-electron chi connectivity index (χ4n) is 3.35. The first-order chi connectivity index (χ1) is 14.5. The molecule has 1 aliphatic heterocycles. The molecule has 0 saturated carbocycles. The second-order valence-corrected chi connectivity index (χ2v) is 7.97. The van der Waals surface area contributed by atoms with Gasteiger partial charge in [0.25, 0.3) is 0 Å². The minimum atomic E-state index is -0.143. The number of benzene rings is 1. The van der Waals surface area contributed by atoms with E-state index in [1.807, 2.05) is 42.6 Å². The molecule has 30 heavy (non-hydrogen) atoms. The summed E-state index contributed by atoms with van der Waals surface area (Å²) in [7, 11) is 2.13. The van der Waals surface area contributed by atoms with E-state index in [0.29, 0.717) is 17.3 Å². The molecule has 0 aliphatic carbocycles. The Morgan fingerprint density at radius 2 is 1.90 bits per heavy atom. The van der Waals surface area contributed by atoms with Gasteiger partial charge in [-0.3, -0.25) is 9.69 Å². The third kappa shape index (κ3) is 5.47. The summed E-state index contributed by atoms with van der Waals surface area (Å²) >= 11 is 5.92. The predicted octanol–water partition coefficient (Wildman–Crippen LogP) is 2.26. The summed E-state index contributed by atoms with van der Waals surface area (Å²) < 4.78 is 7.38. The molecular weight excluding hydrogens is 404 g/mol. The van der Waals surface area contributed by atoms with E-state index >= 15 is 0 Å². The molecule has 0 atom stereocenters. The van der Waals surface area contributed by atoms with Gasteiger partial charge in [0.05, 0.1) is 18.4 Å². The number of piperazine rings is 1. The lowest BCUT2D eigenvalue weighted by molar-refractivity contribution is -0.122. The second-order valence-electron chi connectivity index (χ2n) is 7.54. The van der Waals surface area contributed by atoms with Crippen molar-refractivity contribution in [3.05, 3.63) is 59.1 Å². The summed E-state index contributed by atoms with van der Waals surface area (Å²) in [6.07, 6.45) is 1.84. The molecular formula is C21H25ClN6O2. The number of carbonyl (C=O) groups excluding carboxylic acids is 1. The van der Waals surface area contributed by atoms with Crippen molar-refractivity contribution >= 4 is 17.5 Å². The first-order valence-corrected chi connectivity index (χ1v) is 10.3. The molecule has 0 unspecified atom stereocenters. The van der Waals surface area contributed by atoms with Crippen LogP contribution < -0.4 is 5.32 Å². The molecule has 1 aliphatic rings. The van der Waals surface area contributed by atoms with E-state index in [9.17, 15) is 4.79 Å². The van der Waals surface area contributed by atoms with Crippen molar-refractivity contribution in [3.63, 3.8) is 0 Å². The van der Waals surface area contributed by atoms with Gasteiger partial charge in [0.15, 0.2) is 0 Å². The Hall–Kier alpha value is -2.68. The normalized spacial score (nSPS) is 15.4. The maximum absolute atomic E-state index is 12.3. The van der Waals surface area contributed by atoms with Crippen molar-refractivity contribution in [1.82, 2.24) is 30.1 Å². The zero-order valence-electron chi connectivity index (χ0n) is 16.9. The summed E-state index contributed by atoms with van der Waals surface area (Å²) in [6.45, 7) is 5.35. The summed E-state index contributed by atoms with van der Waals surface area (Å²) in [5.41, 5.74) is 1.82. The van der Waals surface area contributed by atoms with Gasteiger partial charge >= 0.3 is 0 Å². The topological polar surface area (TPSA) is 79.4 Å². The molecule has 3 aromatic rings. The molecule has 0 bridgehead atoms. The SMILES string of the molecule is CN1CCN(Cc2cn(CC(=O)NCc3ccc(-c4ccc(Cl)cc4)o3)nn2)CC1. The lowest BCUT2D eigenvalue weighted by atomic mass is 10.2. The van der Waals surface area contributed by atoms with E-state index in [1.165, 1.54) is 0 Å². The Morgan fingerprint density at radius 3 is 2.67 bits per heavy atom. The zero-order valence-corrected chi connectivity index (χ0v) is 17.7. The molecule has 1 aromatic carbocycles. The number of nitrogens with zero attached hydrogens (tertiary/aromatic N) is 5.